The Balaban J connectivity index is 3.08. The summed E-state index contributed by atoms with van der Waals surface area (Å²) in [7, 11) is 0. The first kappa shape index (κ1) is 8.77. The van der Waals surface area contributed by atoms with Crippen molar-refractivity contribution in [2.75, 3.05) is 0 Å². The second kappa shape index (κ2) is 3.38. The van der Waals surface area contributed by atoms with E-state index in [-0.39, 0.29) is 0 Å². The van der Waals surface area contributed by atoms with E-state index < -0.39 is 6.09 Å². The predicted molar refractivity (Wildman–Crippen MR) is 44.4 cm³/mol. The van der Waals surface area contributed by atoms with Crippen molar-refractivity contribution in [2.45, 2.75) is 26.7 Å². The number of hydrogen-bond donors (Lipinski definition) is 1. The fourth-order valence-electron chi connectivity index (χ4n) is 1.06. The normalized spacial score (nSPS) is 10.2. The van der Waals surface area contributed by atoms with Crippen molar-refractivity contribution in [2.24, 2.45) is 0 Å². The zero-order valence-corrected chi connectivity index (χ0v) is 7.24. The molecule has 1 heterocycles. The maximum atomic E-state index is 10.6. The van der Waals surface area contributed by atoms with Gasteiger partial charge in [0, 0.05) is 12.6 Å². The lowest BCUT2D eigenvalue weighted by molar-refractivity contribution is 0.195. The highest BCUT2D eigenvalue weighted by molar-refractivity contribution is 5.68. The molecule has 1 N–H and O–H groups in total. The summed E-state index contributed by atoms with van der Waals surface area (Å²) in [5.41, 5.74) is 0.828. The van der Waals surface area contributed by atoms with E-state index in [4.69, 9.17) is 5.11 Å². The zero-order chi connectivity index (χ0) is 9.14. The first-order valence-electron chi connectivity index (χ1n) is 3.99. The molecule has 0 aliphatic rings. The van der Waals surface area contributed by atoms with Gasteiger partial charge in [0.15, 0.2) is 0 Å². The van der Waals surface area contributed by atoms with Gasteiger partial charge in [0.05, 0.1) is 5.69 Å². The number of rotatable bonds is 2. The second-order valence-corrected chi connectivity index (χ2v) is 2.51. The van der Waals surface area contributed by atoms with Crippen LogP contribution in [0.1, 0.15) is 25.4 Å². The van der Waals surface area contributed by atoms with Crippen molar-refractivity contribution in [1.29, 1.82) is 0 Å². The van der Waals surface area contributed by atoms with Crippen LogP contribution >= 0.6 is 0 Å². The molecular weight excluding hydrogens is 156 g/mol. The van der Waals surface area contributed by atoms with Gasteiger partial charge in [0.25, 0.3) is 0 Å². The number of imidazole rings is 1. The fraction of sp³-hybridized carbons (Fsp3) is 0.500. The highest BCUT2D eigenvalue weighted by atomic mass is 16.4. The number of aromatic nitrogens is 2. The minimum absolute atomic E-state index is 0.611. The summed E-state index contributed by atoms with van der Waals surface area (Å²) in [5, 5.41) is 8.73. The molecule has 0 radical (unpaired) electrons. The topological polar surface area (TPSA) is 55.1 Å². The molecular formula is C8H12N2O2. The summed E-state index contributed by atoms with van der Waals surface area (Å²) in [6.45, 7) is 3.84. The average Bonchev–Trinajstić information content (AvgIpc) is 2.47. The number of carboxylic acid groups (broad SMARTS) is 1. The van der Waals surface area contributed by atoms with Crippen molar-refractivity contribution in [3.05, 3.63) is 17.7 Å². The van der Waals surface area contributed by atoms with Gasteiger partial charge in [-0.3, -0.25) is 0 Å². The van der Waals surface area contributed by atoms with Crippen LogP contribution in [0.15, 0.2) is 6.20 Å². The molecule has 0 fully saturated rings. The smallest absolute Gasteiger partial charge is 0.417 e. The van der Waals surface area contributed by atoms with E-state index in [1.54, 1.807) is 6.20 Å². The number of carbonyl (C=O) groups is 1. The van der Waals surface area contributed by atoms with Crippen LogP contribution in [0.5, 0.6) is 0 Å². The maximum Gasteiger partial charge on any atom is 0.417 e. The molecule has 4 nitrogen and oxygen atoms in total. The summed E-state index contributed by atoms with van der Waals surface area (Å²) in [6, 6.07) is 0. The Morgan fingerprint density at radius 2 is 2.25 bits per heavy atom. The summed E-state index contributed by atoms with van der Waals surface area (Å²) in [5.74, 6) is 0.611. The third-order valence-corrected chi connectivity index (χ3v) is 1.71. The highest BCUT2D eigenvalue weighted by Gasteiger charge is 2.09. The first-order valence-corrected chi connectivity index (χ1v) is 3.99. The molecule has 0 amide bonds. The molecule has 0 spiro atoms. The molecule has 1 aromatic heterocycles. The Bertz CT molecular complexity index is 291. The largest absolute Gasteiger partial charge is 0.464 e. The van der Waals surface area contributed by atoms with Gasteiger partial charge in [-0.15, -0.1) is 0 Å². The van der Waals surface area contributed by atoms with Crippen molar-refractivity contribution in [3.8, 4) is 0 Å². The minimum atomic E-state index is -0.959. The molecule has 1 aromatic rings. The standard InChI is InChI=1S/C8H12N2O2/c1-3-6-5-10(8(11)12)7(4-2)9-6/h5H,3-4H2,1-2H3,(H,11,12). The molecule has 0 saturated heterocycles. The quantitative estimate of drug-likeness (QED) is 0.728. The van der Waals surface area contributed by atoms with Crippen LogP contribution in [-0.2, 0) is 12.8 Å². The third-order valence-electron chi connectivity index (χ3n) is 1.71. The summed E-state index contributed by atoms with van der Waals surface area (Å²) in [6.07, 6.45) is 2.03. The van der Waals surface area contributed by atoms with Crippen molar-refractivity contribution >= 4 is 6.09 Å². The van der Waals surface area contributed by atoms with Crippen molar-refractivity contribution < 1.29 is 9.90 Å². The van der Waals surface area contributed by atoms with E-state index in [0.717, 1.165) is 12.1 Å². The van der Waals surface area contributed by atoms with Crippen LogP contribution in [0.2, 0.25) is 0 Å². The average molecular weight is 168 g/mol. The molecule has 1 rings (SSSR count). The molecule has 0 aliphatic heterocycles. The third kappa shape index (κ3) is 1.47. The Labute approximate surface area is 70.9 Å². The van der Waals surface area contributed by atoms with Crippen molar-refractivity contribution in [3.63, 3.8) is 0 Å². The van der Waals surface area contributed by atoms with E-state index in [9.17, 15) is 4.79 Å². The molecule has 0 bridgehead atoms. The first-order chi connectivity index (χ1) is 5.69. The summed E-state index contributed by atoms with van der Waals surface area (Å²) >= 11 is 0. The van der Waals surface area contributed by atoms with Crippen LogP contribution < -0.4 is 0 Å². The Morgan fingerprint density at radius 1 is 1.58 bits per heavy atom. The van der Waals surface area contributed by atoms with Crippen LogP contribution in [-0.4, -0.2) is 20.8 Å². The van der Waals surface area contributed by atoms with Gasteiger partial charge in [-0.2, -0.15) is 0 Å². The summed E-state index contributed by atoms with van der Waals surface area (Å²) < 4.78 is 1.18. The lowest BCUT2D eigenvalue weighted by Gasteiger charge is -1.95. The number of hydrogen-bond acceptors (Lipinski definition) is 2. The van der Waals surface area contributed by atoms with Gasteiger partial charge in [0.1, 0.15) is 5.82 Å². The monoisotopic (exact) mass is 168 g/mol. The van der Waals surface area contributed by atoms with Gasteiger partial charge in [0.2, 0.25) is 0 Å². The Hall–Kier alpha value is -1.32. The van der Waals surface area contributed by atoms with Gasteiger partial charge < -0.3 is 5.11 Å². The lowest BCUT2D eigenvalue weighted by Crippen LogP contribution is -2.10. The van der Waals surface area contributed by atoms with E-state index in [0.29, 0.717) is 12.2 Å². The number of nitrogens with zero attached hydrogens (tertiary/aromatic N) is 2. The van der Waals surface area contributed by atoms with E-state index in [1.165, 1.54) is 4.57 Å². The van der Waals surface area contributed by atoms with Crippen LogP contribution in [0, 0.1) is 0 Å². The van der Waals surface area contributed by atoms with Crippen molar-refractivity contribution in [1.82, 2.24) is 9.55 Å². The fourth-order valence-corrected chi connectivity index (χ4v) is 1.06. The SMILES string of the molecule is CCc1cn(C(=O)O)c(CC)n1. The maximum absolute atomic E-state index is 10.6. The molecule has 0 atom stereocenters. The van der Waals surface area contributed by atoms with Crippen LogP contribution in [0.25, 0.3) is 0 Å². The molecule has 0 unspecified atom stereocenters. The zero-order valence-electron chi connectivity index (χ0n) is 7.24. The predicted octanol–water partition coefficient (Wildman–Crippen LogP) is 1.53. The lowest BCUT2D eigenvalue weighted by atomic mass is 10.4. The van der Waals surface area contributed by atoms with Gasteiger partial charge in [-0.25, -0.2) is 14.3 Å². The van der Waals surface area contributed by atoms with Gasteiger partial charge in [-0.05, 0) is 6.42 Å². The van der Waals surface area contributed by atoms with Crippen LogP contribution in [0.4, 0.5) is 4.79 Å². The Kier molecular flexibility index (Phi) is 2.47. The van der Waals surface area contributed by atoms with Gasteiger partial charge >= 0.3 is 6.09 Å². The molecule has 4 heteroatoms. The van der Waals surface area contributed by atoms with E-state index >= 15 is 0 Å². The van der Waals surface area contributed by atoms with Gasteiger partial charge in [-0.1, -0.05) is 13.8 Å². The molecule has 0 saturated carbocycles. The molecule has 0 aromatic carbocycles. The Morgan fingerprint density at radius 3 is 2.58 bits per heavy atom. The molecule has 12 heavy (non-hydrogen) atoms. The van der Waals surface area contributed by atoms with E-state index in [1.807, 2.05) is 13.8 Å². The van der Waals surface area contributed by atoms with E-state index in [2.05, 4.69) is 4.98 Å². The number of aryl methyl sites for hydroxylation is 2. The summed E-state index contributed by atoms with van der Waals surface area (Å²) in [4.78, 5) is 14.8. The molecule has 66 valence electrons. The minimum Gasteiger partial charge on any atom is -0.464 e. The molecule has 0 aliphatic carbocycles. The van der Waals surface area contributed by atoms with Crippen LogP contribution in [0.3, 0.4) is 0 Å². The second-order valence-electron chi connectivity index (χ2n) is 2.51. The highest BCUT2D eigenvalue weighted by Crippen LogP contribution is 2.04.